The molecule has 27 heavy (non-hydrogen) atoms. The Balaban J connectivity index is 0.000000350. The molecule has 1 saturated carbocycles. The molecule has 152 valence electrons. The number of likely N-dealkylation sites (N-methyl/N-ethyl adjacent to an activating group) is 1. The van der Waals surface area contributed by atoms with Gasteiger partial charge in [0.15, 0.2) is 11.5 Å². The van der Waals surface area contributed by atoms with E-state index in [1.165, 1.54) is 36.0 Å². The molecule has 4 rings (SSSR count). The number of hydrogen-bond donors (Lipinski definition) is 1. The van der Waals surface area contributed by atoms with Crippen LogP contribution >= 0.6 is 0 Å². The van der Waals surface area contributed by atoms with Gasteiger partial charge in [-0.2, -0.15) is 0 Å². The van der Waals surface area contributed by atoms with Crippen LogP contribution in [0, 0.1) is 5.92 Å². The summed E-state index contributed by atoms with van der Waals surface area (Å²) in [5.41, 5.74) is 4.16. The van der Waals surface area contributed by atoms with Gasteiger partial charge in [-0.05, 0) is 55.9 Å². The van der Waals surface area contributed by atoms with E-state index in [9.17, 15) is 0 Å². The molecule has 1 N–H and O–H groups in total. The Kier molecular flexibility index (Phi) is 10.2. The van der Waals surface area contributed by atoms with Crippen LogP contribution in [-0.4, -0.2) is 26.8 Å². The van der Waals surface area contributed by atoms with Crippen molar-refractivity contribution in [1.82, 2.24) is 5.32 Å². The largest absolute Gasteiger partial charge is 0.493 e. The van der Waals surface area contributed by atoms with Crippen molar-refractivity contribution in [3.8, 4) is 11.5 Å². The maximum Gasteiger partial charge on any atom is 0.166 e. The first-order chi connectivity index (χ1) is 13.2. The van der Waals surface area contributed by atoms with E-state index in [2.05, 4.69) is 30.6 Å². The molecule has 1 fully saturated rings. The summed E-state index contributed by atoms with van der Waals surface area (Å²) in [4.78, 5) is 0. The second-order valence-electron chi connectivity index (χ2n) is 6.58. The van der Waals surface area contributed by atoms with Gasteiger partial charge in [-0.1, -0.05) is 46.4 Å². The topological polar surface area (TPSA) is 30.5 Å². The van der Waals surface area contributed by atoms with Gasteiger partial charge in [-0.25, -0.2) is 0 Å². The number of ether oxygens (including phenoxy) is 2. The summed E-state index contributed by atoms with van der Waals surface area (Å²) in [5, 5.41) is 2.90. The number of methoxy groups -OCH3 is 1. The predicted octanol–water partition coefficient (Wildman–Crippen LogP) is 5.90. The van der Waals surface area contributed by atoms with E-state index in [1.807, 2.05) is 40.8 Å². The van der Waals surface area contributed by atoms with E-state index in [-0.39, 0.29) is 6.10 Å². The van der Waals surface area contributed by atoms with E-state index in [0.29, 0.717) is 5.92 Å². The zero-order valence-corrected chi connectivity index (χ0v) is 18.2. The molecule has 3 aliphatic rings. The Morgan fingerprint density at radius 3 is 2.41 bits per heavy atom. The Labute approximate surface area is 166 Å². The molecular formula is C24H39NO2. The normalized spacial score (nSPS) is 23.0. The fourth-order valence-corrected chi connectivity index (χ4v) is 4.16. The highest BCUT2D eigenvalue weighted by molar-refractivity contribution is 5.58. The van der Waals surface area contributed by atoms with E-state index >= 15 is 0 Å². The Hall–Kier alpha value is -1.74. The van der Waals surface area contributed by atoms with Gasteiger partial charge in [0.05, 0.1) is 7.11 Å². The number of hydrogen-bond acceptors (Lipinski definition) is 3. The molecule has 3 nitrogen and oxygen atoms in total. The highest BCUT2D eigenvalue weighted by atomic mass is 16.5. The molecule has 0 radical (unpaired) electrons. The van der Waals surface area contributed by atoms with Gasteiger partial charge in [0.2, 0.25) is 0 Å². The van der Waals surface area contributed by atoms with Crippen molar-refractivity contribution in [2.45, 2.75) is 65.4 Å². The van der Waals surface area contributed by atoms with Crippen LogP contribution in [0.3, 0.4) is 0 Å². The highest BCUT2D eigenvalue weighted by Gasteiger charge is 2.47. The van der Waals surface area contributed by atoms with Gasteiger partial charge >= 0.3 is 0 Å². The molecular weight excluding hydrogens is 334 g/mol. The summed E-state index contributed by atoms with van der Waals surface area (Å²) in [5.74, 6) is 3.20. The lowest BCUT2D eigenvalue weighted by molar-refractivity contribution is 0.165. The van der Waals surface area contributed by atoms with Crippen LogP contribution in [0.2, 0.25) is 0 Å². The molecule has 0 spiro atoms. The fraction of sp³-hybridized carbons (Fsp3) is 0.583. The first kappa shape index (κ1) is 23.3. The smallest absolute Gasteiger partial charge is 0.166 e. The first-order valence-corrected chi connectivity index (χ1v) is 10.5. The van der Waals surface area contributed by atoms with Gasteiger partial charge in [0, 0.05) is 18.0 Å². The third-order valence-corrected chi connectivity index (χ3v) is 5.25. The number of rotatable bonds is 3. The van der Waals surface area contributed by atoms with Crippen molar-refractivity contribution in [3.63, 3.8) is 0 Å². The lowest BCUT2D eigenvalue weighted by Crippen LogP contribution is -2.34. The third kappa shape index (κ3) is 4.95. The maximum absolute atomic E-state index is 6.21. The van der Waals surface area contributed by atoms with Crippen LogP contribution in [0.1, 0.15) is 64.0 Å². The molecule has 1 aliphatic heterocycles. The number of aryl methyl sites for hydroxylation is 1. The third-order valence-electron chi connectivity index (χ3n) is 5.25. The van der Waals surface area contributed by atoms with Crippen LogP contribution in [0.25, 0.3) is 0 Å². The van der Waals surface area contributed by atoms with Crippen molar-refractivity contribution >= 4 is 0 Å². The highest BCUT2D eigenvalue weighted by Crippen LogP contribution is 2.57. The summed E-state index contributed by atoms with van der Waals surface area (Å²) < 4.78 is 11.7. The quantitative estimate of drug-likeness (QED) is 0.669. The molecule has 3 atom stereocenters. The molecule has 0 aromatic heterocycles. The van der Waals surface area contributed by atoms with Gasteiger partial charge in [-0.15, -0.1) is 6.58 Å². The number of nitrogens with one attached hydrogen (secondary N) is 1. The first-order valence-electron chi connectivity index (χ1n) is 10.5. The van der Waals surface area contributed by atoms with Crippen molar-refractivity contribution in [3.05, 3.63) is 48.1 Å². The molecule has 1 aromatic rings. The Morgan fingerprint density at radius 2 is 1.85 bits per heavy atom. The summed E-state index contributed by atoms with van der Waals surface area (Å²) in [6.45, 7) is 16.6. The van der Waals surface area contributed by atoms with Gasteiger partial charge in [-0.3, -0.25) is 0 Å². The molecule has 1 aromatic carbocycles. The van der Waals surface area contributed by atoms with E-state index in [0.717, 1.165) is 30.4 Å². The van der Waals surface area contributed by atoms with Crippen molar-refractivity contribution in [2.24, 2.45) is 5.92 Å². The predicted molar refractivity (Wildman–Crippen MR) is 117 cm³/mol. The van der Waals surface area contributed by atoms with Gasteiger partial charge in [0.25, 0.3) is 0 Å². The Bertz CT molecular complexity index is 609. The van der Waals surface area contributed by atoms with Crippen LogP contribution < -0.4 is 14.8 Å². The molecule has 3 heteroatoms. The van der Waals surface area contributed by atoms with E-state index in [4.69, 9.17) is 9.47 Å². The molecule has 0 bridgehead atoms. The second kappa shape index (κ2) is 11.9. The van der Waals surface area contributed by atoms with Crippen molar-refractivity contribution < 1.29 is 9.47 Å². The Morgan fingerprint density at radius 1 is 1.19 bits per heavy atom. The van der Waals surface area contributed by atoms with Crippen LogP contribution in [0.4, 0.5) is 0 Å². The van der Waals surface area contributed by atoms with Crippen LogP contribution in [-0.2, 0) is 6.42 Å². The van der Waals surface area contributed by atoms with Crippen molar-refractivity contribution in [2.75, 3.05) is 20.7 Å². The minimum absolute atomic E-state index is 0.203. The second-order valence-corrected chi connectivity index (χ2v) is 6.58. The number of benzene rings is 1. The SMILES string of the molecule is C=C1CCC2CCc3ccc(OC)c4c3C2C1O4.C=CCNC.CC.CC. The van der Waals surface area contributed by atoms with Gasteiger partial charge < -0.3 is 14.8 Å². The fourth-order valence-electron chi connectivity index (χ4n) is 4.16. The summed E-state index contributed by atoms with van der Waals surface area (Å²) in [6.07, 6.45) is 6.91. The summed E-state index contributed by atoms with van der Waals surface area (Å²) >= 11 is 0. The average molecular weight is 374 g/mol. The minimum atomic E-state index is 0.203. The van der Waals surface area contributed by atoms with Crippen molar-refractivity contribution in [1.29, 1.82) is 0 Å². The van der Waals surface area contributed by atoms with Crippen LogP contribution in [0.5, 0.6) is 11.5 Å². The summed E-state index contributed by atoms with van der Waals surface area (Å²) in [6, 6.07) is 4.27. The zero-order valence-electron chi connectivity index (χ0n) is 18.2. The lowest BCUT2D eigenvalue weighted by atomic mass is 9.66. The molecule has 3 unspecified atom stereocenters. The standard InChI is InChI=1S/C16H18O2.C4H9N.2C2H6/c1-9-3-4-10-5-6-11-7-8-12(17-2)16-14(11)13(10)15(9)18-16;1-3-4-5-2;2*1-2/h7-8,10,13,15H,1,3-6H2,2H3;3,5H,1,4H2,2H3;2*1-2H3. The minimum Gasteiger partial charge on any atom is -0.493 e. The molecule has 0 amide bonds. The lowest BCUT2D eigenvalue weighted by Gasteiger charge is -2.37. The molecule has 2 aliphatic carbocycles. The summed E-state index contributed by atoms with van der Waals surface area (Å²) in [7, 11) is 3.61. The van der Waals surface area contributed by atoms with Gasteiger partial charge in [0.1, 0.15) is 6.10 Å². The zero-order chi connectivity index (χ0) is 20.4. The van der Waals surface area contributed by atoms with E-state index in [1.54, 1.807) is 7.11 Å². The maximum atomic E-state index is 6.21. The monoisotopic (exact) mass is 373 g/mol. The molecule has 0 saturated heterocycles. The molecule has 1 heterocycles. The van der Waals surface area contributed by atoms with Crippen LogP contribution in [0.15, 0.2) is 36.9 Å². The average Bonchev–Trinajstić information content (AvgIpc) is 3.14. The van der Waals surface area contributed by atoms with E-state index < -0.39 is 0 Å².